The minimum absolute atomic E-state index is 0.0272. The summed E-state index contributed by atoms with van der Waals surface area (Å²) >= 11 is 8.32. The van der Waals surface area contributed by atoms with Gasteiger partial charge in [-0.15, -0.1) is 0 Å². The van der Waals surface area contributed by atoms with Crippen LogP contribution >= 0.6 is 34.2 Å². The third kappa shape index (κ3) is 5.68. The molecule has 0 aromatic heterocycles. The van der Waals surface area contributed by atoms with Gasteiger partial charge in [0.05, 0.1) is 25.7 Å². The van der Waals surface area contributed by atoms with Gasteiger partial charge in [0, 0.05) is 12.1 Å². The Labute approximate surface area is 225 Å². The van der Waals surface area contributed by atoms with Crippen molar-refractivity contribution in [2.24, 2.45) is 4.99 Å². The highest BCUT2D eigenvalue weighted by atomic mass is 127. The van der Waals surface area contributed by atoms with Gasteiger partial charge in [0.25, 0.3) is 5.69 Å². The molecule has 0 bridgehead atoms. The number of aryl methyl sites for hydroxylation is 1. The Bertz CT molecular complexity index is 1420. The standard InChI is InChI=1S/C26H20ClIN2O6/c1-3-34-23-12-16(10-21(28)24(23)35-14-17-7-5-4-6-15(17)2)11-22-26(31)36-25(29-22)19-13-18(30(32)33)8-9-20(19)27/h4-13H,3,14H2,1-2H3/b22-11-. The van der Waals surface area contributed by atoms with E-state index in [9.17, 15) is 14.9 Å². The normalized spacial score (nSPS) is 13.9. The number of cyclic esters (lactones) is 1. The summed E-state index contributed by atoms with van der Waals surface area (Å²) in [6.45, 7) is 4.70. The number of benzene rings is 3. The zero-order valence-electron chi connectivity index (χ0n) is 19.3. The molecule has 4 rings (SSSR count). The second kappa shape index (κ2) is 11.1. The molecule has 0 aliphatic carbocycles. The highest BCUT2D eigenvalue weighted by Gasteiger charge is 2.27. The molecule has 0 spiro atoms. The summed E-state index contributed by atoms with van der Waals surface area (Å²) in [6, 6.07) is 15.4. The number of halogens is 2. The summed E-state index contributed by atoms with van der Waals surface area (Å²) in [7, 11) is 0. The number of hydrogen-bond donors (Lipinski definition) is 0. The summed E-state index contributed by atoms with van der Waals surface area (Å²) in [5.74, 6) is 0.338. The van der Waals surface area contributed by atoms with E-state index in [2.05, 4.69) is 27.6 Å². The molecule has 10 heteroatoms. The first-order chi connectivity index (χ1) is 17.3. The predicted molar refractivity (Wildman–Crippen MR) is 145 cm³/mol. The lowest BCUT2D eigenvalue weighted by Gasteiger charge is -2.15. The predicted octanol–water partition coefficient (Wildman–Crippen LogP) is 6.48. The fourth-order valence-corrected chi connectivity index (χ4v) is 4.45. The number of aliphatic imine (C=N–C) groups is 1. The molecule has 0 saturated heterocycles. The van der Waals surface area contributed by atoms with Crippen LogP contribution in [0.15, 0.2) is 65.3 Å². The van der Waals surface area contributed by atoms with Crippen molar-refractivity contribution in [3.63, 3.8) is 0 Å². The number of hydrogen-bond acceptors (Lipinski definition) is 7. The molecule has 36 heavy (non-hydrogen) atoms. The fourth-order valence-electron chi connectivity index (χ4n) is 3.47. The van der Waals surface area contributed by atoms with E-state index in [1.807, 2.05) is 44.2 Å². The van der Waals surface area contributed by atoms with E-state index >= 15 is 0 Å². The van der Waals surface area contributed by atoms with E-state index in [0.29, 0.717) is 30.3 Å². The number of rotatable bonds is 8. The fraction of sp³-hybridized carbons (Fsp3) is 0.154. The van der Waals surface area contributed by atoms with Gasteiger partial charge in [-0.25, -0.2) is 9.79 Å². The summed E-state index contributed by atoms with van der Waals surface area (Å²) in [5, 5.41) is 11.3. The van der Waals surface area contributed by atoms with Gasteiger partial charge in [-0.3, -0.25) is 10.1 Å². The topological polar surface area (TPSA) is 100 Å². The summed E-state index contributed by atoms with van der Waals surface area (Å²) in [6.07, 6.45) is 1.55. The number of nitro benzene ring substituents is 1. The lowest BCUT2D eigenvalue weighted by atomic mass is 10.1. The number of non-ortho nitro benzene ring substituents is 1. The third-order valence-corrected chi connectivity index (χ3v) is 6.41. The molecule has 0 fully saturated rings. The van der Waals surface area contributed by atoms with Crippen molar-refractivity contribution < 1.29 is 23.9 Å². The minimum Gasteiger partial charge on any atom is -0.490 e. The van der Waals surface area contributed by atoms with E-state index < -0.39 is 10.9 Å². The quantitative estimate of drug-likeness (QED) is 0.0942. The summed E-state index contributed by atoms with van der Waals surface area (Å²) < 4.78 is 18.0. The molecule has 3 aromatic carbocycles. The summed E-state index contributed by atoms with van der Waals surface area (Å²) in [5.41, 5.74) is 2.84. The number of ether oxygens (including phenoxy) is 3. The van der Waals surface area contributed by atoms with Crippen molar-refractivity contribution >= 4 is 57.8 Å². The van der Waals surface area contributed by atoms with E-state index in [1.54, 1.807) is 12.1 Å². The third-order valence-electron chi connectivity index (χ3n) is 5.28. The van der Waals surface area contributed by atoms with Gasteiger partial charge in [0.15, 0.2) is 17.2 Å². The minimum atomic E-state index is -0.694. The van der Waals surface area contributed by atoms with Crippen LogP contribution in [0.2, 0.25) is 5.02 Å². The Morgan fingerprint density at radius 2 is 1.94 bits per heavy atom. The van der Waals surface area contributed by atoms with Crippen LogP contribution < -0.4 is 9.47 Å². The van der Waals surface area contributed by atoms with Gasteiger partial charge in [-0.1, -0.05) is 35.9 Å². The molecule has 1 aliphatic heterocycles. The molecule has 0 radical (unpaired) electrons. The highest BCUT2D eigenvalue weighted by molar-refractivity contribution is 14.1. The average molecular weight is 619 g/mol. The maximum atomic E-state index is 12.5. The second-order valence-corrected chi connectivity index (χ2v) is 9.30. The van der Waals surface area contributed by atoms with Crippen LogP contribution in [0.4, 0.5) is 5.69 Å². The van der Waals surface area contributed by atoms with E-state index in [1.165, 1.54) is 18.2 Å². The van der Waals surface area contributed by atoms with Gasteiger partial charge in [0.1, 0.15) is 6.61 Å². The molecular weight excluding hydrogens is 599 g/mol. The van der Waals surface area contributed by atoms with Crippen LogP contribution in [-0.4, -0.2) is 23.4 Å². The van der Waals surface area contributed by atoms with E-state index in [0.717, 1.165) is 14.7 Å². The van der Waals surface area contributed by atoms with Crippen LogP contribution in [0.25, 0.3) is 6.08 Å². The van der Waals surface area contributed by atoms with Gasteiger partial charge in [-0.2, -0.15) is 0 Å². The Hall–Kier alpha value is -3.44. The van der Waals surface area contributed by atoms with Crippen molar-refractivity contribution in [3.05, 3.63) is 101 Å². The highest BCUT2D eigenvalue weighted by Crippen LogP contribution is 2.36. The number of carbonyl (C=O) groups excluding carboxylic acids is 1. The number of nitro groups is 1. The molecule has 1 heterocycles. The lowest BCUT2D eigenvalue weighted by molar-refractivity contribution is -0.384. The van der Waals surface area contributed by atoms with Gasteiger partial charge in [-0.05, 0) is 77.4 Å². The Kier molecular flexibility index (Phi) is 7.90. The van der Waals surface area contributed by atoms with Crippen LogP contribution in [0.1, 0.15) is 29.2 Å². The number of carbonyl (C=O) groups is 1. The molecule has 0 saturated carbocycles. The van der Waals surface area contributed by atoms with Gasteiger partial charge < -0.3 is 14.2 Å². The molecule has 0 N–H and O–H groups in total. The maximum absolute atomic E-state index is 12.5. The first kappa shape index (κ1) is 25.6. The van der Waals surface area contributed by atoms with Crippen molar-refractivity contribution in [3.8, 4) is 11.5 Å². The average Bonchev–Trinajstić information content (AvgIpc) is 3.19. The van der Waals surface area contributed by atoms with Crippen molar-refractivity contribution in [2.75, 3.05) is 6.61 Å². The van der Waals surface area contributed by atoms with E-state index in [4.69, 9.17) is 25.8 Å². The zero-order valence-corrected chi connectivity index (χ0v) is 22.2. The number of nitrogens with zero attached hydrogens (tertiary/aromatic N) is 2. The Balaban J connectivity index is 1.65. The monoisotopic (exact) mass is 618 g/mol. The van der Waals surface area contributed by atoms with Gasteiger partial charge >= 0.3 is 5.97 Å². The molecular formula is C26H20ClIN2O6. The van der Waals surface area contributed by atoms with Crippen molar-refractivity contribution in [1.29, 1.82) is 0 Å². The molecule has 184 valence electrons. The van der Waals surface area contributed by atoms with Gasteiger partial charge in [0.2, 0.25) is 5.90 Å². The Morgan fingerprint density at radius 1 is 1.17 bits per heavy atom. The van der Waals surface area contributed by atoms with Crippen LogP contribution in [-0.2, 0) is 16.1 Å². The van der Waals surface area contributed by atoms with Crippen molar-refractivity contribution in [2.45, 2.75) is 20.5 Å². The molecule has 8 nitrogen and oxygen atoms in total. The molecule has 0 unspecified atom stereocenters. The number of esters is 1. The Morgan fingerprint density at radius 3 is 2.67 bits per heavy atom. The SMILES string of the molecule is CCOc1cc(/C=C2\N=C(c3cc([N+](=O)[O-])ccc3Cl)OC2=O)cc(I)c1OCc1ccccc1C. The summed E-state index contributed by atoms with van der Waals surface area (Å²) in [4.78, 5) is 27.3. The van der Waals surface area contributed by atoms with E-state index in [-0.39, 0.29) is 27.9 Å². The second-order valence-electron chi connectivity index (χ2n) is 7.74. The molecule has 0 amide bonds. The van der Waals surface area contributed by atoms with Crippen LogP contribution in [0, 0.1) is 20.6 Å². The first-order valence-corrected chi connectivity index (χ1v) is 12.3. The smallest absolute Gasteiger partial charge is 0.363 e. The zero-order chi connectivity index (χ0) is 25.8. The first-order valence-electron chi connectivity index (χ1n) is 10.9. The largest absolute Gasteiger partial charge is 0.490 e. The molecule has 0 atom stereocenters. The maximum Gasteiger partial charge on any atom is 0.363 e. The molecule has 3 aromatic rings. The van der Waals surface area contributed by atoms with Crippen LogP contribution in [0.5, 0.6) is 11.5 Å². The van der Waals surface area contributed by atoms with Crippen LogP contribution in [0.3, 0.4) is 0 Å². The van der Waals surface area contributed by atoms with Crippen molar-refractivity contribution in [1.82, 2.24) is 0 Å². The lowest BCUT2D eigenvalue weighted by Crippen LogP contribution is -2.06. The molecule has 1 aliphatic rings.